The molecule has 1 aliphatic rings. The van der Waals surface area contributed by atoms with E-state index < -0.39 is 22.6 Å². The summed E-state index contributed by atoms with van der Waals surface area (Å²) in [4.78, 5) is 29.1. The van der Waals surface area contributed by atoms with E-state index in [4.69, 9.17) is 4.74 Å². The summed E-state index contributed by atoms with van der Waals surface area (Å²) in [5.74, 6) is -0.961. The molecule has 0 atom stereocenters. The van der Waals surface area contributed by atoms with E-state index >= 15 is 0 Å². The zero-order valence-electron chi connectivity index (χ0n) is 19.1. The number of benzene rings is 1. The molecular weight excluding hydrogens is 474 g/mol. The maximum atomic E-state index is 12.6. The van der Waals surface area contributed by atoms with Gasteiger partial charge >= 0.3 is 5.97 Å². The van der Waals surface area contributed by atoms with Gasteiger partial charge in [0.25, 0.3) is 0 Å². The van der Waals surface area contributed by atoms with Crippen LogP contribution in [0.3, 0.4) is 0 Å². The third-order valence-corrected chi connectivity index (χ3v) is 7.64. The largest absolute Gasteiger partial charge is 0.454 e. The molecule has 0 saturated heterocycles. The van der Waals surface area contributed by atoms with Crippen LogP contribution in [-0.4, -0.2) is 49.1 Å². The van der Waals surface area contributed by atoms with Crippen molar-refractivity contribution in [1.82, 2.24) is 9.55 Å². The minimum atomic E-state index is -3.37. The molecular formula is C24H25N3O5S2. The summed E-state index contributed by atoms with van der Waals surface area (Å²) in [5, 5.41) is 2.76. The summed E-state index contributed by atoms with van der Waals surface area (Å²) in [6, 6.07) is 6.86. The van der Waals surface area contributed by atoms with Gasteiger partial charge < -0.3 is 4.74 Å². The number of hydrogen-bond acceptors (Lipinski definition) is 7. The lowest BCUT2D eigenvalue weighted by molar-refractivity contribution is -0.136. The number of ketones is 1. The number of carbonyl (C=O) groups is 2. The average molecular weight is 500 g/mol. The summed E-state index contributed by atoms with van der Waals surface area (Å²) in [5.41, 5.74) is 4.59. The van der Waals surface area contributed by atoms with Crippen molar-refractivity contribution in [3.8, 4) is 5.13 Å². The van der Waals surface area contributed by atoms with Gasteiger partial charge in [-0.25, -0.2) is 18.2 Å². The predicted octanol–water partition coefficient (Wildman–Crippen LogP) is 3.70. The molecule has 2 aromatic heterocycles. The standard InChI is InChI=1S/C24H25N3O5S2/c1-16-13-18(17(2)27(16)24-25-10-12-33-24)7-9-23(29)32-15-22(28)20-6-8-21-19(14-20)5-4-11-26(21)34(3,30)31/h6-10,12-14H,4-5,11,15H2,1-3H3/b9-7+. The molecule has 178 valence electrons. The first-order valence-corrected chi connectivity index (χ1v) is 13.5. The number of Topliss-reactive ketones (excluding diaryl/α,β-unsaturated/α-hetero) is 1. The van der Waals surface area contributed by atoms with Crippen LogP contribution in [0.1, 0.15) is 39.3 Å². The second-order valence-corrected chi connectivity index (χ2v) is 10.9. The summed E-state index contributed by atoms with van der Waals surface area (Å²) in [6.45, 7) is 3.95. The lowest BCUT2D eigenvalue weighted by Crippen LogP contribution is -2.34. The first kappa shape index (κ1) is 23.9. The van der Waals surface area contributed by atoms with Gasteiger partial charge in [-0.15, -0.1) is 11.3 Å². The lowest BCUT2D eigenvalue weighted by Gasteiger charge is -2.29. The fourth-order valence-corrected chi connectivity index (χ4v) is 5.83. The van der Waals surface area contributed by atoms with Crippen LogP contribution >= 0.6 is 11.3 Å². The first-order chi connectivity index (χ1) is 16.1. The van der Waals surface area contributed by atoms with E-state index in [1.807, 2.05) is 29.9 Å². The molecule has 3 heterocycles. The van der Waals surface area contributed by atoms with Gasteiger partial charge in [0.15, 0.2) is 17.5 Å². The summed E-state index contributed by atoms with van der Waals surface area (Å²) < 4.78 is 32.5. The molecule has 34 heavy (non-hydrogen) atoms. The van der Waals surface area contributed by atoms with Gasteiger partial charge in [-0.05, 0) is 68.2 Å². The van der Waals surface area contributed by atoms with Crippen molar-refractivity contribution < 1.29 is 22.7 Å². The predicted molar refractivity (Wildman–Crippen MR) is 132 cm³/mol. The van der Waals surface area contributed by atoms with E-state index in [0.717, 1.165) is 27.6 Å². The fourth-order valence-electron chi connectivity index (χ4n) is 4.08. The molecule has 0 unspecified atom stereocenters. The van der Waals surface area contributed by atoms with Crippen LogP contribution in [0.15, 0.2) is 41.9 Å². The van der Waals surface area contributed by atoms with Gasteiger partial charge in [-0.2, -0.15) is 0 Å². The topological polar surface area (TPSA) is 98.6 Å². The molecule has 1 aliphatic heterocycles. The van der Waals surface area contributed by atoms with Gasteiger partial charge in [0.1, 0.15) is 0 Å². The van der Waals surface area contributed by atoms with Gasteiger partial charge in [-0.1, -0.05) is 0 Å². The highest BCUT2D eigenvalue weighted by Crippen LogP contribution is 2.30. The number of aromatic nitrogens is 2. The number of fused-ring (bicyclic) bond motifs is 1. The maximum absolute atomic E-state index is 12.6. The third kappa shape index (κ3) is 4.97. The highest BCUT2D eigenvalue weighted by atomic mass is 32.2. The number of sulfonamides is 1. The van der Waals surface area contributed by atoms with Crippen LogP contribution in [0, 0.1) is 13.8 Å². The van der Waals surface area contributed by atoms with Crippen LogP contribution in [0.4, 0.5) is 5.69 Å². The second kappa shape index (κ2) is 9.55. The molecule has 0 bridgehead atoms. The molecule has 4 rings (SSSR count). The SMILES string of the molecule is Cc1cc(/C=C/C(=O)OCC(=O)c2ccc3c(c2)CCCN3S(C)(=O)=O)c(C)n1-c1nccs1. The van der Waals surface area contributed by atoms with Crippen molar-refractivity contribution >= 4 is 44.9 Å². The van der Waals surface area contributed by atoms with Gasteiger partial charge in [0, 0.05) is 41.1 Å². The van der Waals surface area contributed by atoms with Gasteiger partial charge in [0.05, 0.1) is 11.9 Å². The number of ether oxygens (including phenoxy) is 1. The molecule has 0 N–H and O–H groups in total. The Balaban J connectivity index is 1.40. The fraction of sp³-hybridized carbons (Fsp3) is 0.292. The number of rotatable bonds is 7. The Morgan fingerprint density at radius 3 is 2.74 bits per heavy atom. The number of carbonyl (C=O) groups excluding carboxylic acids is 2. The molecule has 0 radical (unpaired) electrons. The molecule has 0 fully saturated rings. The van der Waals surface area contributed by atoms with E-state index in [0.29, 0.717) is 30.6 Å². The monoisotopic (exact) mass is 499 g/mol. The Kier molecular flexibility index (Phi) is 6.72. The third-order valence-electron chi connectivity index (χ3n) is 5.70. The number of anilines is 1. The molecule has 1 aromatic carbocycles. The molecule has 0 amide bonds. The number of hydrogen-bond donors (Lipinski definition) is 0. The van der Waals surface area contributed by atoms with Crippen molar-refractivity contribution in [2.45, 2.75) is 26.7 Å². The zero-order chi connectivity index (χ0) is 24.5. The highest BCUT2D eigenvalue weighted by Gasteiger charge is 2.24. The van der Waals surface area contributed by atoms with E-state index in [9.17, 15) is 18.0 Å². The Morgan fingerprint density at radius 1 is 1.24 bits per heavy atom. The quantitative estimate of drug-likeness (QED) is 0.279. The number of thiazole rings is 1. The Labute approximate surface area is 202 Å². The van der Waals surface area contributed by atoms with Crippen LogP contribution in [0.2, 0.25) is 0 Å². The highest BCUT2D eigenvalue weighted by molar-refractivity contribution is 7.92. The van der Waals surface area contributed by atoms with E-state index in [1.54, 1.807) is 30.5 Å². The van der Waals surface area contributed by atoms with E-state index in [1.165, 1.54) is 28.0 Å². The number of nitrogens with zero attached hydrogens (tertiary/aromatic N) is 3. The van der Waals surface area contributed by atoms with Crippen molar-refractivity contribution in [3.63, 3.8) is 0 Å². The zero-order valence-corrected chi connectivity index (χ0v) is 20.8. The van der Waals surface area contributed by atoms with Crippen LogP contribution in [0.25, 0.3) is 11.2 Å². The van der Waals surface area contributed by atoms with Crippen molar-refractivity contribution in [3.05, 3.63) is 70.0 Å². The minimum absolute atomic E-state index is 0.344. The van der Waals surface area contributed by atoms with Crippen molar-refractivity contribution in [2.24, 2.45) is 0 Å². The Morgan fingerprint density at radius 2 is 2.03 bits per heavy atom. The maximum Gasteiger partial charge on any atom is 0.331 e. The lowest BCUT2D eigenvalue weighted by atomic mass is 9.99. The van der Waals surface area contributed by atoms with E-state index in [2.05, 4.69) is 4.98 Å². The Hall–Kier alpha value is -3.24. The minimum Gasteiger partial charge on any atom is -0.454 e. The van der Waals surface area contributed by atoms with Crippen molar-refractivity contribution in [2.75, 3.05) is 23.7 Å². The van der Waals surface area contributed by atoms with Crippen LogP contribution in [0.5, 0.6) is 0 Å². The molecule has 0 spiro atoms. The summed E-state index contributed by atoms with van der Waals surface area (Å²) in [7, 11) is -3.37. The molecule has 0 aliphatic carbocycles. The normalized spacial score (nSPS) is 13.8. The molecule has 3 aromatic rings. The van der Waals surface area contributed by atoms with Crippen molar-refractivity contribution in [1.29, 1.82) is 0 Å². The second-order valence-electron chi connectivity index (χ2n) is 8.12. The average Bonchev–Trinajstić information content (AvgIpc) is 3.41. The first-order valence-electron chi connectivity index (χ1n) is 10.7. The van der Waals surface area contributed by atoms with Gasteiger partial charge in [0.2, 0.25) is 10.0 Å². The molecule has 0 saturated carbocycles. The molecule has 8 nitrogen and oxygen atoms in total. The summed E-state index contributed by atoms with van der Waals surface area (Å²) in [6.07, 6.45) is 7.25. The molecule has 10 heteroatoms. The Bertz CT molecular complexity index is 1370. The van der Waals surface area contributed by atoms with Crippen LogP contribution < -0.4 is 4.31 Å². The number of aryl methyl sites for hydroxylation is 2. The smallest absolute Gasteiger partial charge is 0.331 e. The van der Waals surface area contributed by atoms with Gasteiger partial charge in [-0.3, -0.25) is 13.7 Å². The number of esters is 1. The summed E-state index contributed by atoms with van der Waals surface area (Å²) >= 11 is 1.53. The van der Waals surface area contributed by atoms with E-state index in [-0.39, 0.29) is 5.78 Å². The van der Waals surface area contributed by atoms with Crippen LogP contribution in [-0.2, 0) is 26.0 Å².